The van der Waals surface area contributed by atoms with E-state index in [-0.39, 0.29) is 0 Å². The lowest BCUT2D eigenvalue weighted by Gasteiger charge is -2.25. The monoisotopic (exact) mass is 259 g/mol. The molecule has 0 fully saturated rings. The molecule has 1 aromatic heterocycles. The topological polar surface area (TPSA) is 53.1 Å². The highest BCUT2D eigenvalue weighted by Crippen LogP contribution is 2.24. The van der Waals surface area contributed by atoms with E-state index in [1.807, 2.05) is 43.6 Å². The smallest absolute Gasteiger partial charge is 0.118 e. The number of hydrogen-bond acceptors (Lipinski definition) is 3. The Bertz CT molecular complexity index is 529. The summed E-state index contributed by atoms with van der Waals surface area (Å²) >= 11 is 0. The second-order valence-corrected chi connectivity index (χ2v) is 4.95. The average Bonchev–Trinajstić information content (AvgIpc) is 2.85. The van der Waals surface area contributed by atoms with Crippen LogP contribution in [0.5, 0.6) is 5.75 Å². The number of methoxy groups -OCH3 is 1. The van der Waals surface area contributed by atoms with Crippen LogP contribution < -0.4 is 10.5 Å². The maximum absolute atomic E-state index is 6.45. The summed E-state index contributed by atoms with van der Waals surface area (Å²) in [6.07, 6.45) is 4.52. The second kappa shape index (κ2) is 5.45. The molecule has 1 aromatic carbocycles. The van der Waals surface area contributed by atoms with Crippen molar-refractivity contribution in [3.8, 4) is 5.75 Å². The van der Waals surface area contributed by atoms with Crippen molar-refractivity contribution < 1.29 is 4.74 Å². The standard InChI is InChI=1S/C15H21N3O/c1-4-18-10-9-17-14(18)11-15(2,16)12-5-7-13(19-3)8-6-12/h5-10H,4,11,16H2,1-3H3. The molecule has 0 amide bonds. The minimum atomic E-state index is -0.440. The van der Waals surface area contributed by atoms with Crippen molar-refractivity contribution in [3.63, 3.8) is 0 Å². The van der Waals surface area contributed by atoms with Gasteiger partial charge in [0.2, 0.25) is 0 Å². The van der Waals surface area contributed by atoms with E-state index in [1.165, 1.54) is 0 Å². The molecule has 2 rings (SSSR count). The van der Waals surface area contributed by atoms with Gasteiger partial charge in [0.1, 0.15) is 11.6 Å². The first-order chi connectivity index (χ1) is 9.06. The molecule has 0 spiro atoms. The zero-order valence-electron chi connectivity index (χ0n) is 11.8. The van der Waals surface area contributed by atoms with Gasteiger partial charge in [-0.15, -0.1) is 0 Å². The van der Waals surface area contributed by atoms with E-state index >= 15 is 0 Å². The number of hydrogen-bond donors (Lipinski definition) is 1. The van der Waals surface area contributed by atoms with E-state index in [0.717, 1.165) is 23.7 Å². The Morgan fingerprint density at radius 3 is 2.58 bits per heavy atom. The minimum Gasteiger partial charge on any atom is -0.497 e. The predicted molar refractivity (Wildman–Crippen MR) is 76.1 cm³/mol. The van der Waals surface area contributed by atoms with E-state index in [4.69, 9.17) is 10.5 Å². The Kier molecular flexibility index (Phi) is 3.90. The molecule has 4 nitrogen and oxygen atoms in total. The molecule has 2 aromatic rings. The largest absolute Gasteiger partial charge is 0.497 e. The Morgan fingerprint density at radius 2 is 2.00 bits per heavy atom. The maximum Gasteiger partial charge on any atom is 0.118 e. The quantitative estimate of drug-likeness (QED) is 0.896. The molecule has 2 N–H and O–H groups in total. The van der Waals surface area contributed by atoms with Gasteiger partial charge in [-0.05, 0) is 31.5 Å². The highest BCUT2D eigenvalue weighted by molar-refractivity contribution is 5.32. The lowest BCUT2D eigenvalue weighted by atomic mass is 9.89. The van der Waals surface area contributed by atoms with Gasteiger partial charge < -0.3 is 15.0 Å². The van der Waals surface area contributed by atoms with Crippen LogP contribution in [0.3, 0.4) is 0 Å². The maximum atomic E-state index is 6.45. The summed E-state index contributed by atoms with van der Waals surface area (Å²) in [5.74, 6) is 1.86. The van der Waals surface area contributed by atoms with Gasteiger partial charge in [-0.3, -0.25) is 0 Å². The zero-order valence-corrected chi connectivity index (χ0v) is 11.8. The summed E-state index contributed by atoms with van der Waals surface area (Å²) in [6, 6.07) is 7.90. The molecule has 102 valence electrons. The molecule has 0 bridgehead atoms. The molecule has 0 radical (unpaired) electrons. The van der Waals surface area contributed by atoms with Crippen LogP contribution in [0.4, 0.5) is 0 Å². The molecule has 0 saturated heterocycles. The molecule has 0 aliphatic heterocycles. The van der Waals surface area contributed by atoms with Gasteiger partial charge in [0.05, 0.1) is 7.11 Å². The number of imidazole rings is 1. The van der Waals surface area contributed by atoms with Crippen LogP contribution >= 0.6 is 0 Å². The van der Waals surface area contributed by atoms with Crippen molar-refractivity contribution in [3.05, 3.63) is 48.0 Å². The molecular weight excluding hydrogens is 238 g/mol. The van der Waals surface area contributed by atoms with Gasteiger partial charge in [-0.1, -0.05) is 12.1 Å². The van der Waals surface area contributed by atoms with Crippen molar-refractivity contribution in [2.24, 2.45) is 5.73 Å². The van der Waals surface area contributed by atoms with Gasteiger partial charge in [-0.25, -0.2) is 4.98 Å². The Hall–Kier alpha value is -1.81. The molecule has 0 saturated carbocycles. The number of aryl methyl sites for hydroxylation is 1. The van der Waals surface area contributed by atoms with E-state index in [9.17, 15) is 0 Å². The molecule has 19 heavy (non-hydrogen) atoms. The minimum absolute atomic E-state index is 0.440. The van der Waals surface area contributed by atoms with Crippen LogP contribution in [-0.4, -0.2) is 16.7 Å². The molecule has 1 atom stereocenters. The van der Waals surface area contributed by atoms with Crippen LogP contribution in [-0.2, 0) is 18.5 Å². The summed E-state index contributed by atoms with van der Waals surface area (Å²) in [7, 11) is 1.66. The summed E-state index contributed by atoms with van der Waals surface area (Å²) < 4.78 is 7.29. The number of nitrogens with zero attached hydrogens (tertiary/aromatic N) is 2. The second-order valence-electron chi connectivity index (χ2n) is 4.95. The van der Waals surface area contributed by atoms with Gasteiger partial charge in [0.25, 0.3) is 0 Å². The van der Waals surface area contributed by atoms with Crippen LogP contribution in [0.15, 0.2) is 36.7 Å². The van der Waals surface area contributed by atoms with Gasteiger partial charge in [-0.2, -0.15) is 0 Å². The SMILES string of the molecule is CCn1ccnc1CC(C)(N)c1ccc(OC)cc1. The van der Waals surface area contributed by atoms with E-state index < -0.39 is 5.54 Å². The summed E-state index contributed by atoms with van der Waals surface area (Å²) in [6.45, 7) is 5.05. The normalized spacial score (nSPS) is 14.1. The fourth-order valence-corrected chi connectivity index (χ4v) is 2.20. The predicted octanol–water partition coefficient (Wildman–Crippen LogP) is 2.33. The van der Waals surface area contributed by atoms with Crippen molar-refractivity contribution in [1.29, 1.82) is 0 Å². The Morgan fingerprint density at radius 1 is 1.32 bits per heavy atom. The summed E-state index contributed by atoms with van der Waals surface area (Å²) in [5, 5.41) is 0. The Balaban J connectivity index is 2.21. The van der Waals surface area contributed by atoms with Crippen molar-refractivity contribution in [2.75, 3.05) is 7.11 Å². The van der Waals surface area contributed by atoms with E-state index in [0.29, 0.717) is 6.42 Å². The van der Waals surface area contributed by atoms with Crippen LogP contribution in [0.2, 0.25) is 0 Å². The number of nitrogens with two attached hydrogens (primary N) is 1. The first-order valence-corrected chi connectivity index (χ1v) is 6.50. The number of rotatable bonds is 5. The van der Waals surface area contributed by atoms with Gasteiger partial charge in [0.15, 0.2) is 0 Å². The molecular formula is C15H21N3O. The third kappa shape index (κ3) is 2.96. The van der Waals surface area contributed by atoms with Crippen molar-refractivity contribution in [2.45, 2.75) is 32.4 Å². The van der Waals surface area contributed by atoms with Gasteiger partial charge in [0, 0.05) is 30.9 Å². The van der Waals surface area contributed by atoms with E-state index in [1.54, 1.807) is 7.11 Å². The molecule has 0 aliphatic rings. The Labute approximate surface area is 114 Å². The highest BCUT2D eigenvalue weighted by atomic mass is 16.5. The fourth-order valence-electron chi connectivity index (χ4n) is 2.20. The molecule has 4 heteroatoms. The third-order valence-electron chi connectivity index (χ3n) is 3.42. The van der Waals surface area contributed by atoms with Crippen LogP contribution in [0, 0.1) is 0 Å². The molecule has 1 heterocycles. The van der Waals surface area contributed by atoms with Crippen molar-refractivity contribution >= 4 is 0 Å². The lowest BCUT2D eigenvalue weighted by molar-refractivity contribution is 0.413. The fraction of sp³-hybridized carbons (Fsp3) is 0.400. The zero-order chi connectivity index (χ0) is 13.9. The average molecular weight is 259 g/mol. The lowest BCUT2D eigenvalue weighted by Crippen LogP contribution is -2.36. The first kappa shape index (κ1) is 13.6. The third-order valence-corrected chi connectivity index (χ3v) is 3.42. The van der Waals surface area contributed by atoms with E-state index in [2.05, 4.69) is 16.5 Å². The number of ether oxygens (including phenoxy) is 1. The molecule has 1 unspecified atom stereocenters. The summed E-state index contributed by atoms with van der Waals surface area (Å²) in [5.41, 5.74) is 7.09. The van der Waals surface area contributed by atoms with Gasteiger partial charge >= 0.3 is 0 Å². The molecule has 0 aliphatic carbocycles. The number of benzene rings is 1. The van der Waals surface area contributed by atoms with Crippen LogP contribution in [0.1, 0.15) is 25.2 Å². The highest BCUT2D eigenvalue weighted by Gasteiger charge is 2.23. The van der Waals surface area contributed by atoms with Crippen LogP contribution in [0.25, 0.3) is 0 Å². The number of aromatic nitrogens is 2. The van der Waals surface area contributed by atoms with Crippen molar-refractivity contribution in [1.82, 2.24) is 9.55 Å². The summed E-state index contributed by atoms with van der Waals surface area (Å²) in [4.78, 5) is 4.39. The first-order valence-electron chi connectivity index (χ1n) is 6.50.